The van der Waals surface area contributed by atoms with Crippen molar-refractivity contribution in [1.29, 1.82) is 0 Å². The van der Waals surface area contributed by atoms with Crippen molar-refractivity contribution in [2.45, 2.75) is 45.6 Å². The van der Waals surface area contributed by atoms with Crippen molar-refractivity contribution in [3.8, 4) is 0 Å². The fraction of sp³-hybridized carbons (Fsp3) is 0.636. The first-order chi connectivity index (χ1) is 14.6. The average molecular weight is 423 g/mol. The summed E-state index contributed by atoms with van der Waals surface area (Å²) in [4.78, 5) is 25.5. The molecule has 1 aromatic rings. The van der Waals surface area contributed by atoms with E-state index in [2.05, 4.69) is 24.5 Å². The third-order valence-corrected chi connectivity index (χ3v) is 4.56. The van der Waals surface area contributed by atoms with Gasteiger partial charge in [0.25, 0.3) is 0 Å². The van der Waals surface area contributed by atoms with Gasteiger partial charge in [-0.2, -0.15) is 0 Å². The predicted octanol–water partition coefficient (Wildman–Crippen LogP) is 3.04. The van der Waals surface area contributed by atoms with E-state index in [-0.39, 0.29) is 19.3 Å². The second-order valence-electron chi connectivity index (χ2n) is 7.15. The number of alkyl carbamates (subject to hydrolysis) is 2. The maximum absolute atomic E-state index is 11.7. The van der Waals surface area contributed by atoms with Crippen molar-refractivity contribution in [2.75, 3.05) is 45.9 Å². The van der Waals surface area contributed by atoms with Gasteiger partial charge in [-0.1, -0.05) is 57.0 Å². The zero-order chi connectivity index (χ0) is 22.0. The predicted molar refractivity (Wildman–Crippen MR) is 118 cm³/mol. The lowest BCUT2D eigenvalue weighted by atomic mass is 10.1. The first kappa shape index (κ1) is 25.7. The molecule has 0 fully saturated rings. The molecule has 1 unspecified atom stereocenters. The number of carbonyl (C=O) groups is 2. The minimum Gasteiger partial charge on any atom is -0.448 e. The number of nitrogens with one attached hydrogen (secondary N) is 2. The number of unbranched alkanes of at least 4 members (excludes halogenated alkanes) is 2. The number of rotatable bonds is 15. The monoisotopic (exact) mass is 422 g/mol. The number of nitrogens with zero attached hydrogens (tertiary/aromatic N) is 1. The van der Waals surface area contributed by atoms with Gasteiger partial charge < -0.3 is 25.8 Å². The maximum Gasteiger partial charge on any atom is 0.407 e. The molecule has 0 heterocycles. The molecule has 30 heavy (non-hydrogen) atoms. The fourth-order valence-corrected chi connectivity index (χ4v) is 2.75. The Labute approximate surface area is 180 Å². The summed E-state index contributed by atoms with van der Waals surface area (Å²) >= 11 is 0. The standard InChI is InChI=1S/C22H38N4O4/c1-3-5-12-24-21(27)29-16-14-26(15-17-30-22(28)25-13-6-4-2)18-20(23)19-10-8-7-9-11-19/h7-11,20H,3-6,12-18,23H2,1-2H3,(H,24,27)(H,25,28). The van der Waals surface area contributed by atoms with Gasteiger partial charge in [-0.15, -0.1) is 0 Å². The third kappa shape index (κ3) is 12.3. The summed E-state index contributed by atoms with van der Waals surface area (Å²) in [7, 11) is 0. The number of nitrogens with two attached hydrogens (primary N) is 1. The molecule has 0 aliphatic rings. The third-order valence-electron chi connectivity index (χ3n) is 4.56. The summed E-state index contributed by atoms with van der Waals surface area (Å²) in [5, 5.41) is 5.45. The molecule has 4 N–H and O–H groups in total. The molecule has 0 saturated heterocycles. The highest BCUT2D eigenvalue weighted by molar-refractivity contribution is 5.67. The van der Waals surface area contributed by atoms with Crippen molar-refractivity contribution >= 4 is 12.2 Å². The summed E-state index contributed by atoms with van der Waals surface area (Å²) in [6.45, 7) is 7.39. The molecule has 0 bridgehead atoms. The number of hydrogen-bond donors (Lipinski definition) is 3. The average Bonchev–Trinajstić information content (AvgIpc) is 2.74. The maximum atomic E-state index is 11.7. The van der Waals surface area contributed by atoms with Crippen LogP contribution in [-0.2, 0) is 9.47 Å². The number of hydrogen-bond acceptors (Lipinski definition) is 6. The first-order valence-corrected chi connectivity index (χ1v) is 10.9. The Morgan fingerprint density at radius 3 is 1.90 bits per heavy atom. The molecule has 1 rings (SSSR count). The Bertz CT molecular complexity index is 558. The zero-order valence-electron chi connectivity index (χ0n) is 18.4. The summed E-state index contributed by atoms with van der Waals surface area (Å²) in [6.07, 6.45) is 3.04. The van der Waals surface area contributed by atoms with E-state index >= 15 is 0 Å². The van der Waals surface area contributed by atoms with Gasteiger partial charge >= 0.3 is 12.2 Å². The minimum atomic E-state index is -0.415. The molecule has 0 radical (unpaired) electrons. The molecule has 8 heteroatoms. The van der Waals surface area contributed by atoms with Crippen molar-refractivity contribution in [3.05, 3.63) is 35.9 Å². The quantitative estimate of drug-likeness (QED) is 0.375. The summed E-state index contributed by atoms with van der Waals surface area (Å²) in [5.74, 6) is 0. The van der Waals surface area contributed by atoms with Crippen LogP contribution in [0.4, 0.5) is 9.59 Å². The highest BCUT2D eigenvalue weighted by Crippen LogP contribution is 2.11. The summed E-state index contributed by atoms with van der Waals surface area (Å²) in [6, 6.07) is 9.63. The Balaban J connectivity index is 2.45. The van der Waals surface area contributed by atoms with Gasteiger partial charge in [0.2, 0.25) is 0 Å². The van der Waals surface area contributed by atoms with Crippen LogP contribution in [0.1, 0.15) is 51.1 Å². The first-order valence-electron chi connectivity index (χ1n) is 10.9. The molecule has 170 valence electrons. The van der Waals surface area contributed by atoms with Gasteiger partial charge in [-0.3, -0.25) is 4.90 Å². The van der Waals surface area contributed by atoms with Crippen LogP contribution >= 0.6 is 0 Å². The van der Waals surface area contributed by atoms with Crippen LogP contribution in [0.25, 0.3) is 0 Å². The molecule has 1 aromatic carbocycles. The molecule has 8 nitrogen and oxygen atoms in total. The van der Waals surface area contributed by atoms with E-state index in [0.29, 0.717) is 32.7 Å². The Morgan fingerprint density at radius 1 is 0.933 bits per heavy atom. The van der Waals surface area contributed by atoms with Crippen LogP contribution in [0.15, 0.2) is 30.3 Å². The SMILES string of the molecule is CCCCNC(=O)OCCN(CCOC(=O)NCCCC)CC(N)c1ccccc1. The zero-order valence-corrected chi connectivity index (χ0v) is 18.4. The number of benzene rings is 1. The number of carbonyl (C=O) groups excluding carboxylic acids is 2. The van der Waals surface area contributed by atoms with Gasteiger partial charge in [-0.25, -0.2) is 9.59 Å². The van der Waals surface area contributed by atoms with E-state index in [1.165, 1.54) is 0 Å². The lowest BCUT2D eigenvalue weighted by Crippen LogP contribution is -2.39. The van der Waals surface area contributed by atoms with Crippen LogP contribution in [-0.4, -0.2) is 63.0 Å². The van der Waals surface area contributed by atoms with E-state index in [0.717, 1.165) is 31.2 Å². The van der Waals surface area contributed by atoms with Crippen molar-refractivity contribution in [3.63, 3.8) is 0 Å². The van der Waals surface area contributed by atoms with Crippen LogP contribution in [0.2, 0.25) is 0 Å². The van der Waals surface area contributed by atoms with E-state index in [1.54, 1.807) is 0 Å². The van der Waals surface area contributed by atoms with Gasteiger partial charge in [0, 0.05) is 38.8 Å². The van der Waals surface area contributed by atoms with Crippen LogP contribution in [0, 0.1) is 0 Å². The Kier molecular flexibility index (Phi) is 14.1. The molecular formula is C22H38N4O4. The topological polar surface area (TPSA) is 106 Å². The minimum absolute atomic E-state index is 0.192. The highest BCUT2D eigenvalue weighted by atomic mass is 16.6. The van der Waals surface area contributed by atoms with E-state index in [9.17, 15) is 9.59 Å². The molecule has 2 amide bonds. The highest BCUT2D eigenvalue weighted by Gasteiger charge is 2.14. The Morgan fingerprint density at radius 2 is 1.43 bits per heavy atom. The van der Waals surface area contributed by atoms with Crippen LogP contribution in [0.5, 0.6) is 0 Å². The van der Waals surface area contributed by atoms with Crippen LogP contribution < -0.4 is 16.4 Å². The van der Waals surface area contributed by atoms with Crippen molar-refractivity contribution < 1.29 is 19.1 Å². The van der Waals surface area contributed by atoms with Gasteiger partial charge in [-0.05, 0) is 18.4 Å². The van der Waals surface area contributed by atoms with Gasteiger partial charge in [0.15, 0.2) is 0 Å². The molecule has 0 spiro atoms. The molecule has 0 aliphatic heterocycles. The smallest absolute Gasteiger partial charge is 0.407 e. The largest absolute Gasteiger partial charge is 0.448 e. The Hall–Kier alpha value is -2.32. The van der Waals surface area contributed by atoms with Crippen molar-refractivity contribution in [1.82, 2.24) is 15.5 Å². The molecule has 0 aliphatic carbocycles. The molecular weight excluding hydrogens is 384 g/mol. The number of ether oxygens (including phenoxy) is 2. The van der Waals surface area contributed by atoms with E-state index in [4.69, 9.17) is 15.2 Å². The van der Waals surface area contributed by atoms with Gasteiger partial charge in [0.05, 0.1) is 0 Å². The molecule has 0 saturated carbocycles. The lowest BCUT2D eigenvalue weighted by Gasteiger charge is -2.25. The lowest BCUT2D eigenvalue weighted by molar-refractivity contribution is 0.104. The van der Waals surface area contributed by atoms with Crippen molar-refractivity contribution in [2.24, 2.45) is 5.73 Å². The second-order valence-corrected chi connectivity index (χ2v) is 7.15. The summed E-state index contributed by atoms with van der Waals surface area (Å²) < 4.78 is 10.5. The van der Waals surface area contributed by atoms with Crippen LogP contribution in [0.3, 0.4) is 0 Å². The van der Waals surface area contributed by atoms with E-state index < -0.39 is 12.2 Å². The normalized spacial score (nSPS) is 11.7. The second kappa shape index (κ2) is 16.5. The van der Waals surface area contributed by atoms with Gasteiger partial charge in [0.1, 0.15) is 13.2 Å². The number of amides is 2. The molecule has 1 atom stereocenters. The molecule has 0 aromatic heterocycles. The fourth-order valence-electron chi connectivity index (χ4n) is 2.75. The van der Waals surface area contributed by atoms with E-state index in [1.807, 2.05) is 35.2 Å². The summed E-state index contributed by atoms with van der Waals surface area (Å²) in [5.41, 5.74) is 7.37.